The van der Waals surface area contributed by atoms with Gasteiger partial charge in [0.15, 0.2) is 0 Å². The van der Waals surface area contributed by atoms with Gasteiger partial charge in [-0.2, -0.15) is 13.2 Å². The molecule has 5 nitrogen and oxygen atoms in total. The van der Waals surface area contributed by atoms with Crippen LogP contribution in [0.3, 0.4) is 0 Å². The minimum absolute atomic E-state index is 0.0113. The molecule has 0 fully saturated rings. The third kappa shape index (κ3) is 5.37. The van der Waals surface area contributed by atoms with Gasteiger partial charge in [-0.05, 0) is 30.2 Å². The standard InChI is InChI=1S/C30H27F4N3O2/c1-19-35-27-24(29(38)37(19)28(20-9-5-3-6-10-20)21-11-7-4-8-12-21)17-36(18-26(27)39-2)16-22-13-14-23(15-25(22)31)30(32,33)34/h3-15,26,28H,16-18H2,1-2H3. The maximum atomic E-state index is 14.7. The van der Waals surface area contributed by atoms with Crippen molar-refractivity contribution in [1.82, 2.24) is 14.5 Å². The van der Waals surface area contributed by atoms with Crippen molar-refractivity contribution in [3.05, 3.63) is 134 Å². The van der Waals surface area contributed by atoms with Gasteiger partial charge in [0, 0.05) is 32.3 Å². The molecule has 4 aromatic rings. The molecule has 202 valence electrons. The fraction of sp³-hybridized carbons (Fsp3) is 0.267. The highest BCUT2D eigenvalue weighted by Gasteiger charge is 2.34. The molecular weight excluding hydrogens is 510 g/mol. The Balaban J connectivity index is 1.56. The number of nitrogens with zero attached hydrogens (tertiary/aromatic N) is 3. The van der Waals surface area contributed by atoms with E-state index in [1.54, 1.807) is 16.4 Å². The first-order valence-electron chi connectivity index (χ1n) is 12.5. The first-order valence-corrected chi connectivity index (χ1v) is 12.5. The van der Waals surface area contributed by atoms with E-state index in [0.717, 1.165) is 23.3 Å². The molecule has 0 saturated carbocycles. The van der Waals surface area contributed by atoms with Gasteiger partial charge in [0.25, 0.3) is 5.56 Å². The molecule has 9 heteroatoms. The summed E-state index contributed by atoms with van der Waals surface area (Å²) < 4.78 is 61.0. The lowest BCUT2D eigenvalue weighted by atomic mass is 9.97. The zero-order chi connectivity index (χ0) is 27.7. The van der Waals surface area contributed by atoms with Crippen molar-refractivity contribution < 1.29 is 22.3 Å². The van der Waals surface area contributed by atoms with Crippen molar-refractivity contribution >= 4 is 0 Å². The quantitative estimate of drug-likeness (QED) is 0.281. The molecule has 1 atom stereocenters. The first-order chi connectivity index (χ1) is 18.7. The molecule has 0 saturated heterocycles. The Bertz CT molecular complexity index is 1480. The molecule has 0 bridgehead atoms. The summed E-state index contributed by atoms with van der Waals surface area (Å²) >= 11 is 0. The number of benzene rings is 3. The number of aryl methyl sites for hydroxylation is 1. The number of hydrogen-bond acceptors (Lipinski definition) is 4. The molecule has 1 unspecified atom stereocenters. The Morgan fingerprint density at radius 3 is 2.15 bits per heavy atom. The van der Waals surface area contributed by atoms with Crippen molar-refractivity contribution in [1.29, 1.82) is 0 Å². The van der Waals surface area contributed by atoms with E-state index >= 15 is 0 Å². The van der Waals surface area contributed by atoms with Crippen LogP contribution in [-0.4, -0.2) is 28.1 Å². The van der Waals surface area contributed by atoms with E-state index in [4.69, 9.17) is 9.72 Å². The molecule has 39 heavy (non-hydrogen) atoms. The average molecular weight is 538 g/mol. The molecule has 5 rings (SSSR count). The second kappa shape index (κ2) is 10.7. The Kier molecular flexibility index (Phi) is 7.38. The van der Waals surface area contributed by atoms with Crippen LogP contribution in [0.1, 0.15) is 51.5 Å². The zero-order valence-electron chi connectivity index (χ0n) is 21.5. The van der Waals surface area contributed by atoms with Gasteiger partial charge in [-0.15, -0.1) is 0 Å². The Labute approximate surface area is 223 Å². The van der Waals surface area contributed by atoms with Gasteiger partial charge in [-0.1, -0.05) is 66.7 Å². The predicted molar refractivity (Wildman–Crippen MR) is 139 cm³/mol. The van der Waals surface area contributed by atoms with E-state index in [-0.39, 0.29) is 24.2 Å². The number of ether oxygens (including phenoxy) is 1. The Hall–Kier alpha value is -3.82. The maximum Gasteiger partial charge on any atom is 0.416 e. The van der Waals surface area contributed by atoms with Crippen LogP contribution in [0.4, 0.5) is 17.6 Å². The topological polar surface area (TPSA) is 47.4 Å². The smallest absolute Gasteiger partial charge is 0.374 e. The van der Waals surface area contributed by atoms with Crippen LogP contribution >= 0.6 is 0 Å². The van der Waals surface area contributed by atoms with E-state index in [1.165, 1.54) is 7.11 Å². The van der Waals surface area contributed by atoms with Gasteiger partial charge in [0.2, 0.25) is 0 Å². The average Bonchev–Trinajstić information content (AvgIpc) is 2.92. The summed E-state index contributed by atoms with van der Waals surface area (Å²) in [6.45, 7) is 2.26. The highest BCUT2D eigenvalue weighted by atomic mass is 19.4. The molecule has 0 amide bonds. The molecular formula is C30H27F4N3O2. The highest BCUT2D eigenvalue weighted by Crippen LogP contribution is 2.33. The summed E-state index contributed by atoms with van der Waals surface area (Å²) in [5, 5.41) is 0. The van der Waals surface area contributed by atoms with E-state index < -0.39 is 29.7 Å². The summed E-state index contributed by atoms with van der Waals surface area (Å²) in [7, 11) is 1.51. The number of aromatic nitrogens is 2. The zero-order valence-corrected chi connectivity index (χ0v) is 21.5. The van der Waals surface area contributed by atoms with Crippen LogP contribution in [0, 0.1) is 12.7 Å². The number of halogens is 4. The van der Waals surface area contributed by atoms with Gasteiger partial charge in [0.1, 0.15) is 17.7 Å². The lowest BCUT2D eigenvalue weighted by Crippen LogP contribution is -2.42. The summed E-state index contributed by atoms with van der Waals surface area (Å²) in [6.07, 6.45) is -5.19. The van der Waals surface area contributed by atoms with Gasteiger partial charge < -0.3 is 4.74 Å². The summed E-state index contributed by atoms with van der Waals surface area (Å²) in [4.78, 5) is 20.8. The maximum absolute atomic E-state index is 14.7. The summed E-state index contributed by atoms with van der Waals surface area (Å²) in [5.41, 5.74) is 1.60. The second-order valence-corrected chi connectivity index (χ2v) is 9.62. The largest absolute Gasteiger partial charge is 0.416 e. The van der Waals surface area contributed by atoms with Crippen LogP contribution in [0.2, 0.25) is 0 Å². The third-order valence-electron chi connectivity index (χ3n) is 7.08. The lowest BCUT2D eigenvalue weighted by Gasteiger charge is -2.34. The number of methoxy groups -OCH3 is 1. The van der Waals surface area contributed by atoms with Crippen molar-refractivity contribution in [3.63, 3.8) is 0 Å². The van der Waals surface area contributed by atoms with Gasteiger partial charge >= 0.3 is 6.18 Å². The minimum Gasteiger partial charge on any atom is -0.374 e. The molecule has 2 heterocycles. The molecule has 0 radical (unpaired) electrons. The van der Waals surface area contributed by atoms with Crippen molar-refractivity contribution in [2.75, 3.05) is 13.7 Å². The molecule has 1 aliphatic heterocycles. The molecule has 1 aromatic heterocycles. The fourth-order valence-electron chi connectivity index (χ4n) is 5.19. The van der Waals surface area contributed by atoms with E-state index in [0.29, 0.717) is 29.7 Å². The normalized spacial score (nSPS) is 15.9. The fourth-order valence-corrected chi connectivity index (χ4v) is 5.19. The second-order valence-electron chi connectivity index (χ2n) is 9.62. The molecule has 0 N–H and O–H groups in total. The highest BCUT2D eigenvalue weighted by molar-refractivity contribution is 5.35. The van der Waals surface area contributed by atoms with Gasteiger partial charge in [-0.3, -0.25) is 14.3 Å². The minimum atomic E-state index is -4.63. The van der Waals surface area contributed by atoms with Crippen molar-refractivity contribution in [2.24, 2.45) is 0 Å². The molecule has 0 spiro atoms. The van der Waals surface area contributed by atoms with Gasteiger partial charge in [0.05, 0.1) is 22.9 Å². The van der Waals surface area contributed by atoms with E-state index in [2.05, 4.69) is 0 Å². The molecule has 0 aliphatic carbocycles. The Morgan fingerprint density at radius 2 is 1.62 bits per heavy atom. The Morgan fingerprint density at radius 1 is 1.00 bits per heavy atom. The van der Waals surface area contributed by atoms with Crippen LogP contribution < -0.4 is 5.56 Å². The van der Waals surface area contributed by atoms with Gasteiger partial charge in [-0.25, -0.2) is 9.37 Å². The molecule has 1 aliphatic rings. The number of fused-ring (bicyclic) bond motifs is 1. The van der Waals surface area contributed by atoms with E-state index in [1.807, 2.05) is 60.7 Å². The monoisotopic (exact) mass is 537 g/mol. The third-order valence-corrected chi connectivity index (χ3v) is 7.08. The lowest BCUT2D eigenvalue weighted by molar-refractivity contribution is -0.137. The first kappa shape index (κ1) is 26.8. The van der Waals surface area contributed by atoms with E-state index in [9.17, 15) is 22.4 Å². The van der Waals surface area contributed by atoms with Crippen LogP contribution in [0.15, 0.2) is 83.7 Å². The number of hydrogen-bond donors (Lipinski definition) is 0. The van der Waals surface area contributed by atoms with Crippen LogP contribution in [-0.2, 0) is 24.0 Å². The van der Waals surface area contributed by atoms with Crippen molar-refractivity contribution in [3.8, 4) is 0 Å². The van der Waals surface area contributed by atoms with Crippen molar-refractivity contribution in [2.45, 2.75) is 38.3 Å². The summed E-state index contributed by atoms with van der Waals surface area (Å²) in [5.74, 6) is -0.419. The van der Waals surface area contributed by atoms with Crippen LogP contribution in [0.5, 0.6) is 0 Å². The SMILES string of the molecule is COC1CN(Cc2ccc(C(F)(F)F)cc2F)Cc2c1nc(C)n(C(c1ccccc1)c1ccccc1)c2=O. The summed E-state index contributed by atoms with van der Waals surface area (Å²) in [6, 6.07) is 21.4. The number of alkyl halides is 3. The molecule has 3 aromatic carbocycles. The number of rotatable bonds is 6. The predicted octanol–water partition coefficient (Wildman–Crippen LogP) is 6.05. The van der Waals surface area contributed by atoms with Crippen LogP contribution in [0.25, 0.3) is 0 Å².